The number of hydrogen-bond donors (Lipinski definition) is 6. The molecule has 2 fully saturated rings. The summed E-state index contributed by atoms with van der Waals surface area (Å²) in [7, 11) is 2.19. The number of aliphatic hydroxyl groups excluding tert-OH is 1. The molecule has 0 amide bonds. The summed E-state index contributed by atoms with van der Waals surface area (Å²) in [6, 6.07) is 14.7. The second-order valence-electron chi connectivity index (χ2n) is 14.7. The number of fused-ring (bicyclic) bond motifs is 2. The smallest absolute Gasteiger partial charge is 0.341 e. The van der Waals surface area contributed by atoms with Crippen molar-refractivity contribution < 1.29 is 25.2 Å². The predicted octanol–water partition coefficient (Wildman–Crippen LogP) is 5.37. The first kappa shape index (κ1) is 36.2. The number of aromatic amines is 1. The van der Waals surface area contributed by atoms with E-state index in [0.717, 1.165) is 93.0 Å². The number of H-pyrrole nitrogens is 1. The molecule has 0 aliphatic heterocycles. The normalized spacial score (nSPS) is 20.2. The van der Waals surface area contributed by atoms with Crippen LogP contribution in [0.1, 0.15) is 91.4 Å². The maximum absolute atomic E-state index is 12.4. The fourth-order valence-electron chi connectivity index (χ4n) is 8.54. The van der Waals surface area contributed by atoms with Crippen molar-refractivity contribution in [3.05, 3.63) is 85.8 Å². The quantitative estimate of drug-likeness (QED) is 0.0871. The molecule has 3 aromatic heterocycles. The number of carboxylic acid groups (broad SMARTS) is 1. The molecule has 276 valence electrons. The first-order valence-corrected chi connectivity index (χ1v) is 19.3. The van der Waals surface area contributed by atoms with Crippen molar-refractivity contribution in [2.24, 2.45) is 5.92 Å². The van der Waals surface area contributed by atoms with E-state index in [-0.39, 0.29) is 29.7 Å². The summed E-state index contributed by atoms with van der Waals surface area (Å²) in [4.78, 5) is 29.9. The molecular weight excluding hydrogens is 681 g/mol. The van der Waals surface area contributed by atoms with Crippen LogP contribution in [-0.2, 0) is 23.5 Å². The molecule has 5 aromatic rings. The molecule has 7 rings (SSSR count). The molecule has 2 aliphatic carbocycles. The van der Waals surface area contributed by atoms with Gasteiger partial charge in [0.05, 0.1) is 22.0 Å². The predicted molar refractivity (Wildman–Crippen MR) is 200 cm³/mol. The van der Waals surface area contributed by atoms with Crippen molar-refractivity contribution in [1.82, 2.24) is 30.2 Å². The van der Waals surface area contributed by atoms with E-state index in [1.165, 1.54) is 23.5 Å². The van der Waals surface area contributed by atoms with Gasteiger partial charge in [0, 0.05) is 43.0 Å². The number of phenolic OH excluding ortho intramolecular Hbond substituents is 1. The van der Waals surface area contributed by atoms with Crippen LogP contribution in [0.4, 0.5) is 0 Å². The van der Waals surface area contributed by atoms with Gasteiger partial charge >= 0.3 is 5.97 Å². The van der Waals surface area contributed by atoms with Crippen LogP contribution in [-0.4, -0.2) is 77.5 Å². The molecule has 2 aromatic carbocycles. The zero-order chi connectivity index (χ0) is 36.4. The summed E-state index contributed by atoms with van der Waals surface area (Å²) >= 11 is 1.41. The van der Waals surface area contributed by atoms with Crippen LogP contribution in [0.5, 0.6) is 5.75 Å². The Morgan fingerprint density at radius 1 is 1.10 bits per heavy atom. The van der Waals surface area contributed by atoms with Gasteiger partial charge < -0.3 is 35.6 Å². The number of nitrogens with one attached hydrogen (secondary N) is 2. The monoisotopic (exact) mass is 728 g/mol. The maximum atomic E-state index is 12.4. The number of carbonyl (C=O) groups is 1. The molecule has 1 unspecified atom stereocenters. The number of aliphatic hydroxyl groups is 2. The number of nitrogens with zero attached hydrogens (tertiary/aromatic N) is 4. The Kier molecular flexibility index (Phi) is 10.8. The average molecular weight is 729 g/mol. The fraction of sp³-hybridized carbons (Fsp3) is 0.487. The van der Waals surface area contributed by atoms with Crippen LogP contribution < -0.4 is 10.9 Å². The third-order valence-electron chi connectivity index (χ3n) is 11.5. The maximum Gasteiger partial charge on any atom is 0.341 e. The molecule has 52 heavy (non-hydrogen) atoms. The number of phenols is 1. The number of benzene rings is 2. The third kappa shape index (κ3) is 7.25. The summed E-state index contributed by atoms with van der Waals surface area (Å²) in [6.45, 7) is 2.48. The molecule has 6 N–H and O–H groups in total. The highest BCUT2D eigenvalue weighted by atomic mass is 32.1. The number of hydrogen-bond acceptors (Lipinski definition) is 10. The first-order valence-electron chi connectivity index (χ1n) is 18.4. The lowest BCUT2D eigenvalue weighted by Gasteiger charge is -2.36. The Bertz CT molecular complexity index is 2080. The second kappa shape index (κ2) is 15.5. The van der Waals surface area contributed by atoms with Gasteiger partial charge in [0.15, 0.2) is 5.60 Å². The van der Waals surface area contributed by atoms with E-state index in [9.17, 15) is 30.0 Å². The highest BCUT2D eigenvalue weighted by Crippen LogP contribution is 2.47. The van der Waals surface area contributed by atoms with E-state index in [1.807, 2.05) is 28.3 Å². The van der Waals surface area contributed by atoms with Gasteiger partial charge in [-0.3, -0.25) is 4.79 Å². The molecule has 0 radical (unpaired) electrons. The van der Waals surface area contributed by atoms with Crippen LogP contribution >= 0.6 is 11.3 Å². The van der Waals surface area contributed by atoms with Crippen molar-refractivity contribution in [2.75, 3.05) is 20.1 Å². The SMILES string of the molecule is CN(CCCn1nnc2cc(CNC[C@H](O)c3ccc(O)c4[nH]c(=O)ccc34)ccc21)C1CCC(c2ccsc2C(O)(C(=O)O)C2CCCC2)CC1. The van der Waals surface area contributed by atoms with Crippen LogP contribution in [0.15, 0.2) is 58.7 Å². The minimum atomic E-state index is -1.78. The van der Waals surface area contributed by atoms with Gasteiger partial charge in [0.25, 0.3) is 0 Å². The molecule has 2 aliphatic rings. The highest BCUT2D eigenvalue weighted by Gasteiger charge is 2.49. The largest absolute Gasteiger partial charge is 0.506 e. The Morgan fingerprint density at radius 2 is 1.88 bits per heavy atom. The van der Waals surface area contributed by atoms with Crippen molar-refractivity contribution in [1.29, 1.82) is 0 Å². The third-order valence-corrected chi connectivity index (χ3v) is 12.5. The molecule has 0 bridgehead atoms. The van der Waals surface area contributed by atoms with E-state index in [4.69, 9.17) is 0 Å². The summed E-state index contributed by atoms with van der Waals surface area (Å²) in [5.41, 5.74) is 2.68. The zero-order valence-electron chi connectivity index (χ0n) is 29.5. The Labute approximate surface area is 306 Å². The van der Waals surface area contributed by atoms with Crippen molar-refractivity contribution in [3.8, 4) is 5.75 Å². The zero-order valence-corrected chi connectivity index (χ0v) is 30.3. The Balaban J connectivity index is 0.883. The lowest BCUT2D eigenvalue weighted by Crippen LogP contribution is -2.42. The van der Waals surface area contributed by atoms with Crippen LogP contribution in [0.2, 0.25) is 0 Å². The number of aryl methyl sites for hydroxylation is 1. The van der Waals surface area contributed by atoms with Gasteiger partial charge in [0.1, 0.15) is 11.3 Å². The van der Waals surface area contributed by atoms with Crippen LogP contribution in [0.3, 0.4) is 0 Å². The molecule has 0 saturated heterocycles. The molecule has 13 heteroatoms. The first-order chi connectivity index (χ1) is 25.1. The van der Waals surface area contributed by atoms with Gasteiger partial charge in [0.2, 0.25) is 5.56 Å². The fourth-order valence-corrected chi connectivity index (χ4v) is 9.69. The van der Waals surface area contributed by atoms with Crippen LogP contribution in [0.25, 0.3) is 21.9 Å². The topological polar surface area (TPSA) is 177 Å². The van der Waals surface area contributed by atoms with Gasteiger partial charge in [-0.2, -0.15) is 0 Å². The van der Waals surface area contributed by atoms with Crippen molar-refractivity contribution >= 4 is 39.2 Å². The van der Waals surface area contributed by atoms with E-state index in [0.29, 0.717) is 33.9 Å². The molecule has 0 spiro atoms. The van der Waals surface area contributed by atoms with Gasteiger partial charge in [-0.1, -0.05) is 30.2 Å². The number of rotatable bonds is 14. The lowest BCUT2D eigenvalue weighted by molar-refractivity contribution is -0.166. The lowest BCUT2D eigenvalue weighted by atomic mass is 9.76. The standard InChI is InChI=1S/C39H48N6O6S/c1-44(27-10-8-25(9-11-27)28-17-20-52-37(28)39(51,38(49)50)26-5-2-3-6-26)18-4-19-45-32-14-7-24(21-31(32)42-43-45)22-40-23-34(47)29-12-15-33(46)36-30(29)13-16-35(48)41-36/h7,12-17,20-21,25-27,34,40,46-47,51H,2-6,8-11,18-19,22-23H2,1H3,(H,41,48)(H,49,50)/t25?,27?,34-,39?/m0/s1. The minimum absolute atomic E-state index is 0.0394. The molecule has 2 atom stereocenters. The summed E-state index contributed by atoms with van der Waals surface area (Å²) in [5, 5.41) is 57.4. The Morgan fingerprint density at radius 3 is 2.65 bits per heavy atom. The van der Waals surface area contributed by atoms with Crippen molar-refractivity contribution in [3.63, 3.8) is 0 Å². The number of aromatic hydroxyl groups is 1. The number of carboxylic acids is 1. The average Bonchev–Trinajstić information content (AvgIpc) is 3.94. The van der Waals surface area contributed by atoms with E-state index in [2.05, 4.69) is 38.6 Å². The molecule has 2 saturated carbocycles. The second-order valence-corrected chi connectivity index (χ2v) is 15.6. The van der Waals surface area contributed by atoms with E-state index < -0.39 is 17.7 Å². The van der Waals surface area contributed by atoms with E-state index in [1.54, 1.807) is 12.1 Å². The van der Waals surface area contributed by atoms with Crippen molar-refractivity contribution in [2.45, 2.75) is 94.5 Å². The van der Waals surface area contributed by atoms with E-state index >= 15 is 0 Å². The number of aromatic nitrogens is 4. The summed E-state index contributed by atoms with van der Waals surface area (Å²) in [5.74, 6) is -1.09. The number of aliphatic carboxylic acids is 1. The summed E-state index contributed by atoms with van der Waals surface area (Å²) in [6.07, 6.45) is 7.62. The summed E-state index contributed by atoms with van der Waals surface area (Å²) < 4.78 is 1.95. The number of pyridine rings is 1. The van der Waals surface area contributed by atoms with Gasteiger partial charge in [-0.05, 0) is 117 Å². The molecule has 3 heterocycles. The highest BCUT2D eigenvalue weighted by molar-refractivity contribution is 7.10. The van der Waals surface area contributed by atoms with Crippen LogP contribution in [0, 0.1) is 5.92 Å². The molecular formula is C39H48N6O6S. The Hall–Kier alpha value is -4.14. The molecule has 12 nitrogen and oxygen atoms in total. The number of thiophene rings is 1. The van der Waals surface area contributed by atoms with Gasteiger partial charge in [-0.15, -0.1) is 16.4 Å². The van der Waals surface area contributed by atoms with Gasteiger partial charge in [-0.25, -0.2) is 9.48 Å². The minimum Gasteiger partial charge on any atom is -0.506 e.